The zero-order chi connectivity index (χ0) is 17.9. The van der Waals surface area contributed by atoms with Gasteiger partial charge in [0.1, 0.15) is 18.5 Å². The summed E-state index contributed by atoms with van der Waals surface area (Å²) in [6, 6.07) is 4.74. The molecule has 7 nitrogen and oxygen atoms in total. The Hall–Kier alpha value is -2.27. The van der Waals surface area contributed by atoms with Crippen LogP contribution in [0.15, 0.2) is 23.4 Å². The molecule has 2 rings (SSSR count). The van der Waals surface area contributed by atoms with Crippen molar-refractivity contribution in [1.29, 1.82) is 5.26 Å². The van der Waals surface area contributed by atoms with Crippen molar-refractivity contribution in [2.45, 2.75) is 0 Å². The highest BCUT2D eigenvalue weighted by Crippen LogP contribution is 2.35. The number of carbonyl (C=O) groups excluding carboxylic acids is 2. The molecule has 0 saturated heterocycles. The highest BCUT2D eigenvalue weighted by atomic mass is 35.5. The Morgan fingerprint density at radius 3 is 2.42 bits per heavy atom. The number of hydrogen-bond donors (Lipinski definition) is 0. The second kappa shape index (κ2) is 7.53. The highest BCUT2D eigenvalue weighted by molar-refractivity contribution is 6.42. The van der Waals surface area contributed by atoms with Crippen LogP contribution >= 0.6 is 23.2 Å². The van der Waals surface area contributed by atoms with Crippen LogP contribution in [0, 0.1) is 11.3 Å². The van der Waals surface area contributed by atoms with Gasteiger partial charge in [-0.3, -0.25) is 0 Å². The summed E-state index contributed by atoms with van der Waals surface area (Å²) >= 11 is 11.9. The van der Waals surface area contributed by atoms with Gasteiger partial charge in [-0.05, 0) is 12.1 Å². The molecule has 126 valence electrons. The second-order valence-electron chi connectivity index (χ2n) is 4.61. The number of methoxy groups -OCH3 is 2. The Balaban J connectivity index is 2.68. The normalized spacial score (nSPS) is 14.2. The topological polar surface area (TPSA) is 88.9 Å². The lowest BCUT2D eigenvalue weighted by atomic mass is 10.1. The van der Waals surface area contributed by atoms with Gasteiger partial charge in [-0.15, -0.1) is 0 Å². The van der Waals surface area contributed by atoms with Crippen molar-refractivity contribution in [2.24, 2.45) is 0 Å². The van der Waals surface area contributed by atoms with Gasteiger partial charge in [-0.1, -0.05) is 23.2 Å². The van der Waals surface area contributed by atoms with Gasteiger partial charge in [0.25, 0.3) is 0 Å². The number of hydrogen-bond acceptors (Lipinski definition) is 7. The molecule has 9 heteroatoms. The lowest BCUT2D eigenvalue weighted by Gasteiger charge is -2.32. The molecule has 0 aliphatic carbocycles. The van der Waals surface area contributed by atoms with Crippen LogP contribution in [0.1, 0.15) is 5.56 Å². The van der Waals surface area contributed by atoms with Crippen LogP contribution in [-0.2, 0) is 23.8 Å². The molecule has 0 fully saturated rings. The van der Waals surface area contributed by atoms with Crippen LogP contribution in [-0.4, -0.2) is 39.5 Å². The first-order valence-corrected chi connectivity index (χ1v) is 7.34. The summed E-state index contributed by atoms with van der Waals surface area (Å²) in [4.78, 5) is 25.5. The van der Waals surface area contributed by atoms with Gasteiger partial charge < -0.3 is 19.1 Å². The van der Waals surface area contributed by atoms with Gasteiger partial charge in [0.15, 0.2) is 0 Å². The molecule has 1 aromatic rings. The predicted molar refractivity (Wildman–Crippen MR) is 85.5 cm³/mol. The first-order chi connectivity index (χ1) is 11.4. The summed E-state index contributed by atoms with van der Waals surface area (Å²) in [6.07, 6.45) is 0. The van der Waals surface area contributed by atoms with E-state index < -0.39 is 11.9 Å². The molecule has 0 radical (unpaired) electrons. The summed E-state index contributed by atoms with van der Waals surface area (Å²) in [5.74, 6) is -1.51. The van der Waals surface area contributed by atoms with E-state index in [2.05, 4.69) is 4.74 Å². The molecule has 0 amide bonds. The Labute approximate surface area is 147 Å². The number of rotatable bonds is 3. The van der Waals surface area contributed by atoms with Gasteiger partial charge in [0.2, 0.25) is 0 Å². The third-order valence-corrected chi connectivity index (χ3v) is 4.01. The first kappa shape index (κ1) is 18.1. The minimum Gasteiger partial charge on any atom is -0.466 e. The summed E-state index contributed by atoms with van der Waals surface area (Å²) in [7, 11) is 2.36. The van der Waals surface area contributed by atoms with Gasteiger partial charge in [0, 0.05) is 0 Å². The molecule has 0 aromatic heterocycles. The van der Waals surface area contributed by atoms with Crippen molar-refractivity contribution in [1.82, 2.24) is 0 Å². The fourth-order valence-corrected chi connectivity index (χ4v) is 2.50. The Morgan fingerprint density at radius 1 is 1.21 bits per heavy atom. The van der Waals surface area contributed by atoms with Crippen LogP contribution in [0.3, 0.4) is 0 Å². The molecule has 1 aliphatic rings. The Morgan fingerprint density at radius 2 is 1.83 bits per heavy atom. The number of nitriles is 1. The Bertz CT molecular complexity index is 770. The van der Waals surface area contributed by atoms with Crippen molar-refractivity contribution >= 4 is 40.8 Å². The van der Waals surface area contributed by atoms with E-state index in [-0.39, 0.29) is 45.9 Å². The predicted octanol–water partition coefficient (Wildman–Crippen LogP) is 2.26. The molecule has 1 heterocycles. The van der Waals surface area contributed by atoms with Crippen molar-refractivity contribution in [3.63, 3.8) is 0 Å². The minimum atomic E-state index is -0.770. The largest absolute Gasteiger partial charge is 0.466 e. The lowest BCUT2D eigenvalue weighted by Crippen LogP contribution is -2.39. The average molecular weight is 371 g/mol. The molecule has 0 atom stereocenters. The number of carbonyl (C=O) groups is 2. The number of ether oxygens (including phenoxy) is 3. The number of benzene rings is 1. The van der Waals surface area contributed by atoms with E-state index in [4.69, 9.17) is 32.7 Å². The molecule has 0 N–H and O–H groups in total. The van der Waals surface area contributed by atoms with E-state index >= 15 is 0 Å². The zero-order valence-corrected chi connectivity index (χ0v) is 14.3. The van der Waals surface area contributed by atoms with Crippen molar-refractivity contribution < 1.29 is 23.8 Å². The fraction of sp³-hybridized carbons (Fsp3) is 0.267. The summed E-state index contributed by atoms with van der Waals surface area (Å²) in [5, 5.41) is 9.69. The van der Waals surface area contributed by atoms with Crippen LogP contribution < -0.4 is 4.90 Å². The second-order valence-corrected chi connectivity index (χ2v) is 5.43. The summed E-state index contributed by atoms with van der Waals surface area (Å²) in [6.45, 7) is -0.214. The number of esters is 2. The molecule has 0 saturated carbocycles. The average Bonchev–Trinajstić information content (AvgIpc) is 2.61. The van der Waals surface area contributed by atoms with Gasteiger partial charge in [-0.2, -0.15) is 5.26 Å². The zero-order valence-electron chi connectivity index (χ0n) is 12.8. The Kier molecular flexibility index (Phi) is 5.67. The highest BCUT2D eigenvalue weighted by Gasteiger charge is 2.33. The number of anilines is 1. The molecule has 1 aromatic carbocycles. The van der Waals surface area contributed by atoms with Crippen molar-refractivity contribution in [3.05, 3.63) is 39.0 Å². The monoisotopic (exact) mass is 370 g/mol. The standard InChI is InChI=1S/C15H12Cl2N2O5/c1-22-14(20)9-6-24-7-19(13(9)15(21)23-2)12-4-11(17)10(16)3-8(12)5-18/h3-4H,6-7H2,1-2H3. The van der Waals surface area contributed by atoms with Crippen LogP contribution in [0.4, 0.5) is 5.69 Å². The van der Waals surface area contributed by atoms with Gasteiger partial charge in [-0.25, -0.2) is 9.59 Å². The van der Waals surface area contributed by atoms with E-state index in [0.29, 0.717) is 0 Å². The summed E-state index contributed by atoms with van der Waals surface area (Å²) < 4.78 is 14.8. The minimum absolute atomic E-state index is 0.0226. The van der Waals surface area contributed by atoms with Crippen molar-refractivity contribution in [3.8, 4) is 6.07 Å². The maximum atomic E-state index is 12.2. The van der Waals surface area contributed by atoms with E-state index in [9.17, 15) is 14.9 Å². The first-order valence-electron chi connectivity index (χ1n) is 6.58. The lowest BCUT2D eigenvalue weighted by molar-refractivity contribution is -0.140. The maximum Gasteiger partial charge on any atom is 0.355 e. The quantitative estimate of drug-likeness (QED) is 0.753. The number of nitrogens with zero attached hydrogens (tertiary/aromatic N) is 2. The molecular formula is C15H12Cl2N2O5. The smallest absolute Gasteiger partial charge is 0.355 e. The van der Waals surface area contributed by atoms with E-state index in [1.807, 2.05) is 6.07 Å². The molecule has 1 aliphatic heterocycles. The molecule has 0 bridgehead atoms. The number of halogens is 2. The molecule has 0 unspecified atom stereocenters. The van der Waals surface area contributed by atoms with E-state index in [0.717, 1.165) is 0 Å². The van der Waals surface area contributed by atoms with Crippen LogP contribution in [0.25, 0.3) is 0 Å². The van der Waals surface area contributed by atoms with Crippen LogP contribution in [0.2, 0.25) is 10.0 Å². The van der Waals surface area contributed by atoms with E-state index in [1.165, 1.54) is 31.3 Å². The summed E-state index contributed by atoms with van der Waals surface area (Å²) in [5.41, 5.74) is 0.310. The third kappa shape index (κ3) is 3.31. The van der Waals surface area contributed by atoms with Crippen molar-refractivity contribution in [2.75, 3.05) is 32.5 Å². The maximum absolute atomic E-state index is 12.2. The molecule has 0 spiro atoms. The third-order valence-electron chi connectivity index (χ3n) is 3.28. The van der Waals surface area contributed by atoms with Gasteiger partial charge in [0.05, 0.1) is 47.7 Å². The van der Waals surface area contributed by atoms with Crippen LogP contribution in [0.5, 0.6) is 0 Å². The molecule has 24 heavy (non-hydrogen) atoms. The van der Waals surface area contributed by atoms with Gasteiger partial charge >= 0.3 is 11.9 Å². The SMILES string of the molecule is COC(=O)C1=C(C(=O)OC)N(c2cc(Cl)c(Cl)cc2C#N)COC1. The fourth-order valence-electron chi connectivity index (χ4n) is 2.18. The molecular weight excluding hydrogens is 359 g/mol. The van der Waals surface area contributed by atoms with E-state index in [1.54, 1.807) is 0 Å².